The van der Waals surface area contributed by atoms with E-state index in [0.717, 1.165) is 37.9 Å². The minimum Gasteiger partial charge on any atom is -0.496 e. The number of rotatable bonds is 5. The standard InChI is InChI=1S/C19H27NO3/c1-23-17-10-3-2-8-15(17)19(11-4-5-12-19)13-20-18(22)14-7-6-9-16(14)21/h2-3,8,10,14,16,21H,4-7,9,11-13H2,1H3,(H,20,22). The van der Waals surface area contributed by atoms with Gasteiger partial charge in [-0.05, 0) is 38.2 Å². The predicted octanol–water partition coefficient (Wildman–Crippen LogP) is 2.78. The molecule has 0 aromatic heterocycles. The van der Waals surface area contributed by atoms with Crippen molar-refractivity contribution in [1.29, 1.82) is 0 Å². The molecular formula is C19H27NO3. The molecule has 0 aliphatic heterocycles. The molecule has 0 bridgehead atoms. The van der Waals surface area contributed by atoms with Crippen LogP contribution in [0.3, 0.4) is 0 Å². The number of para-hydroxylation sites is 1. The van der Waals surface area contributed by atoms with E-state index >= 15 is 0 Å². The van der Waals surface area contributed by atoms with E-state index in [9.17, 15) is 9.90 Å². The number of carbonyl (C=O) groups is 1. The molecule has 2 fully saturated rings. The number of aliphatic hydroxyl groups excluding tert-OH is 1. The van der Waals surface area contributed by atoms with Crippen molar-refractivity contribution >= 4 is 5.91 Å². The fourth-order valence-corrected chi connectivity index (χ4v) is 4.31. The number of hydrogen-bond acceptors (Lipinski definition) is 3. The largest absolute Gasteiger partial charge is 0.496 e. The molecule has 4 nitrogen and oxygen atoms in total. The summed E-state index contributed by atoms with van der Waals surface area (Å²) in [7, 11) is 1.70. The van der Waals surface area contributed by atoms with Crippen molar-refractivity contribution in [2.75, 3.05) is 13.7 Å². The summed E-state index contributed by atoms with van der Waals surface area (Å²) >= 11 is 0. The zero-order chi connectivity index (χ0) is 16.3. The summed E-state index contributed by atoms with van der Waals surface area (Å²) < 4.78 is 5.55. The summed E-state index contributed by atoms with van der Waals surface area (Å²) in [5.74, 6) is 0.687. The van der Waals surface area contributed by atoms with Crippen LogP contribution < -0.4 is 10.1 Å². The first-order valence-corrected chi connectivity index (χ1v) is 8.75. The molecule has 1 amide bonds. The number of aliphatic hydroxyl groups is 1. The van der Waals surface area contributed by atoms with Crippen molar-refractivity contribution in [2.45, 2.75) is 56.5 Å². The fraction of sp³-hybridized carbons (Fsp3) is 0.632. The van der Waals surface area contributed by atoms with Crippen molar-refractivity contribution in [3.8, 4) is 5.75 Å². The Labute approximate surface area is 138 Å². The monoisotopic (exact) mass is 317 g/mol. The van der Waals surface area contributed by atoms with Crippen molar-refractivity contribution < 1.29 is 14.6 Å². The van der Waals surface area contributed by atoms with Crippen LogP contribution in [0.25, 0.3) is 0 Å². The number of hydrogen-bond donors (Lipinski definition) is 2. The predicted molar refractivity (Wildman–Crippen MR) is 89.5 cm³/mol. The van der Waals surface area contributed by atoms with Gasteiger partial charge in [0.25, 0.3) is 0 Å². The summed E-state index contributed by atoms with van der Waals surface area (Å²) in [6, 6.07) is 8.15. The lowest BCUT2D eigenvalue weighted by Crippen LogP contribution is -2.43. The molecule has 0 spiro atoms. The molecule has 3 rings (SSSR count). The van der Waals surface area contributed by atoms with Crippen molar-refractivity contribution in [3.05, 3.63) is 29.8 Å². The van der Waals surface area contributed by atoms with E-state index in [0.29, 0.717) is 6.54 Å². The molecule has 2 N–H and O–H groups in total. The topological polar surface area (TPSA) is 58.6 Å². The van der Waals surface area contributed by atoms with Crippen molar-refractivity contribution in [1.82, 2.24) is 5.32 Å². The van der Waals surface area contributed by atoms with Gasteiger partial charge < -0.3 is 15.2 Å². The molecule has 2 atom stereocenters. The lowest BCUT2D eigenvalue weighted by atomic mass is 9.78. The highest BCUT2D eigenvalue weighted by Gasteiger charge is 2.39. The summed E-state index contributed by atoms with van der Waals surface area (Å²) in [5, 5.41) is 13.1. The zero-order valence-electron chi connectivity index (χ0n) is 13.9. The molecule has 0 radical (unpaired) electrons. The number of carbonyl (C=O) groups excluding carboxylic acids is 1. The lowest BCUT2D eigenvalue weighted by molar-refractivity contribution is -0.127. The first kappa shape index (κ1) is 16.3. The second-order valence-corrected chi connectivity index (χ2v) is 7.01. The third-order valence-electron chi connectivity index (χ3n) is 5.66. The average molecular weight is 317 g/mol. The number of ether oxygens (including phenoxy) is 1. The van der Waals surface area contributed by atoms with Crippen LogP contribution in [-0.2, 0) is 10.2 Å². The normalized spacial score (nSPS) is 26.2. The van der Waals surface area contributed by atoms with Crippen molar-refractivity contribution in [2.24, 2.45) is 5.92 Å². The molecule has 2 aliphatic carbocycles. The quantitative estimate of drug-likeness (QED) is 0.878. The van der Waals surface area contributed by atoms with Gasteiger partial charge in [-0.3, -0.25) is 4.79 Å². The molecule has 126 valence electrons. The molecule has 2 aliphatic rings. The Morgan fingerprint density at radius 3 is 2.65 bits per heavy atom. The smallest absolute Gasteiger partial charge is 0.225 e. The van der Waals surface area contributed by atoms with E-state index in [2.05, 4.69) is 11.4 Å². The van der Waals surface area contributed by atoms with E-state index in [1.54, 1.807) is 7.11 Å². The van der Waals surface area contributed by atoms with Gasteiger partial charge in [-0.25, -0.2) is 0 Å². The third-order valence-corrected chi connectivity index (χ3v) is 5.66. The Kier molecular flexibility index (Phi) is 4.90. The summed E-state index contributed by atoms with van der Waals surface area (Å²) in [5.41, 5.74) is 1.17. The van der Waals surface area contributed by atoms with Gasteiger partial charge in [0.15, 0.2) is 0 Å². The molecule has 4 heteroatoms. The van der Waals surface area contributed by atoms with Gasteiger partial charge in [0, 0.05) is 17.5 Å². The van der Waals surface area contributed by atoms with E-state index < -0.39 is 6.10 Å². The third kappa shape index (κ3) is 3.23. The first-order valence-electron chi connectivity index (χ1n) is 8.75. The minimum absolute atomic E-state index is 0.0103. The van der Waals surface area contributed by atoms with Gasteiger partial charge >= 0.3 is 0 Å². The second-order valence-electron chi connectivity index (χ2n) is 7.01. The molecule has 1 aromatic carbocycles. The van der Waals surface area contributed by atoms with Crippen LogP contribution in [0.15, 0.2) is 24.3 Å². The van der Waals surface area contributed by atoms with Gasteiger partial charge in [0.2, 0.25) is 5.91 Å². The Balaban J connectivity index is 1.75. The number of nitrogens with one attached hydrogen (secondary N) is 1. The van der Waals surface area contributed by atoms with Crippen LogP contribution >= 0.6 is 0 Å². The van der Waals surface area contributed by atoms with Gasteiger partial charge in [-0.2, -0.15) is 0 Å². The van der Waals surface area contributed by atoms with Crippen LogP contribution in [0.2, 0.25) is 0 Å². The molecule has 0 saturated heterocycles. The average Bonchev–Trinajstić information content (AvgIpc) is 3.22. The van der Waals surface area contributed by atoms with E-state index in [4.69, 9.17) is 4.74 Å². The Bertz CT molecular complexity index is 551. The van der Waals surface area contributed by atoms with Crippen LogP contribution in [0.4, 0.5) is 0 Å². The SMILES string of the molecule is COc1ccccc1C1(CNC(=O)C2CCCC2O)CCCC1. The van der Waals surface area contributed by atoms with Crippen LogP contribution in [0, 0.1) is 5.92 Å². The Morgan fingerprint density at radius 1 is 1.26 bits per heavy atom. The van der Waals surface area contributed by atoms with Crippen LogP contribution in [0.1, 0.15) is 50.5 Å². The number of benzene rings is 1. The maximum atomic E-state index is 12.4. The highest BCUT2D eigenvalue weighted by Crippen LogP contribution is 2.44. The maximum Gasteiger partial charge on any atom is 0.225 e. The highest BCUT2D eigenvalue weighted by atomic mass is 16.5. The fourth-order valence-electron chi connectivity index (χ4n) is 4.31. The highest BCUT2D eigenvalue weighted by molar-refractivity contribution is 5.79. The molecule has 0 heterocycles. The van der Waals surface area contributed by atoms with Crippen molar-refractivity contribution in [3.63, 3.8) is 0 Å². The van der Waals surface area contributed by atoms with Crippen LogP contribution in [0.5, 0.6) is 5.75 Å². The van der Waals surface area contributed by atoms with E-state index in [1.165, 1.54) is 18.4 Å². The number of methoxy groups -OCH3 is 1. The van der Waals surface area contributed by atoms with Gasteiger partial charge in [0.1, 0.15) is 5.75 Å². The summed E-state index contributed by atoms with van der Waals surface area (Å²) in [6.07, 6.45) is 6.52. The molecule has 23 heavy (non-hydrogen) atoms. The Morgan fingerprint density at radius 2 is 2.00 bits per heavy atom. The molecule has 2 saturated carbocycles. The number of amides is 1. The minimum atomic E-state index is -0.471. The zero-order valence-corrected chi connectivity index (χ0v) is 13.9. The van der Waals surface area contributed by atoms with E-state index in [1.807, 2.05) is 18.2 Å². The summed E-state index contributed by atoms with van der Waals surface area (Å²) in [6.45, 7) is 0.634. The summed E-state index contributed by atoms with van der Waals surface area (Å²) in [4.78, 5) is 12.4. The lowest BCUT2D eigenvalue weighted by Gasteiger charge is -2.32. The van der Waals surface area contributed by atoms with Gasteiger partial charge in [-0.1, -0.05) is 31.0 Å². The van der Waals surface area contributed by atoms with Crippen LogP contribution in [-0.4, -0.2) is 30.8 Å². The first-order chi connectivity index (χ1) is 11.2. The molecular weight excluding hydrogens is 290 g/mol. The molecule has 2 unspecified atom stereocenters. The second kappa shape index (κ2) is 6.91. The van der Waals surface area contributed by atoms with E-state index in [-0.39, 0.29) is 17.2 Å². The van der Waals surface area contributed by atoms with Gasteiger partial charge in [0.05, 0.1) is 19.1 Å². The maximum absolute atomic E-state index is 12.4. The Hall–Kier alpha value is -1.55. The van der Waals surface area contributed by atoms with Gasteiger partial charge in [-0.15, -0.1) is 0 Å². The molecule has 1 aromatic rings.